The molecule has 0 aliphatic carbocycles. The molecular weight excluding hydrogens is 421 g/mol. The molecule has 1 aromatic rings. The van der Waals surface area contributed by atoms with Crippen LogP contribution in [0, 0.1) is 0 Å². The van der Waals surface area contributed by atoms with Gasteiger partial charge in [-0.1, -0.05) is 11.6 Å². The Morgan fingerprint density at radius 3 is 2.68 bits per heavy atom. The summed E-state index contributed by atoms with van der Waals surface area (Å²) >= 11 is 7.02. The summed E-state index contributed by atoms with van der Waals surface area (Å²) in [5, 5.41) is 0.420. The maximum atomic E-state index is 14.0. The van der Waals surface area contributed by atoms with Gasteiger partial charge in [-0.3, -0.25) is 4.90 Å². The van der Waals surface area contributed by atoms with Crippen LogP contribution in [-0.4, -0.2) is 67.2 Å². The monoisotopic (exact) mass is 434 g/mol. The number of hydrogen-bond donors (Lipinski definition) is 0. The molecule has 0 N–H and O–H groups in total. The molecule has 0 aromatic heterocycles. The summed E-state index contributed by atoms with van der Waals surface area (Å²) in [5.41, 5.74) is -2.76. The van der Waals surface area contributed by atoms with Crippen LogP contribution in [0.4, 0.5) is 18.9 Å². The number of methoxy groups -OCH3 is 1. The van der Waals surface area contributed by atoms with Crippen LogP contribution in [0.2, 0.25) is 5.02 Å². The molecule has 28 heavy (non-hydrogen) atoms. The van der Waals surface area contributed by atoms with Gasteiger partial charge in [-0.2, -0.15) is 13.2 Å². The number of halogens is 4. The number of carbonyl (C=O) groups excluding carboxylic acids is 1. The predicted molar refractivity (Wildman–Crippen MR) is 97.9 cm³/mol. The molecule has 1 unspecified atom stereocenters. The minimum Gasteiger partial charge on any atom is -0.465 e. The first-order chi connectivity index (χ1) is 13.3. The number of amidine groups is 1. The second kappa shape index (κ2) is 6.82. The predicted octanol–water partition coefficient (Wildman–Crippen LogP) is 2.74. The molecule has 0 amide bonds. The van der Waals surface area contributed by atoms with Crippen LogP contribution in [0.1, 0.15) is 0 Å². The van der Waals surface area contributed by atoms with E-state index in [0.717, 1.165) is 18.9 Å². The van der Waals surface area contributed by atoms with E-state index in [-0.39, 0.29) is 11.1 Å². The highest BCUT2D eigenvalue weighted by Crippen LogP contribution is 2.48. The third-order valence-electron chi connectivity index (χ3n) is 4.43. The Hall–Kier alpha value is -1.98. The standard InChI is InChI=1S/C16H14ClF3N4O3S/c1-26-12(25)15(16(18,19)20)21-13(23-4-6-27-7-5-23)24-10-3-2-9(17)8-11(10)28-14(24)22-15/h2-3,8H,4-7H2,1H3. The molecule has 150 valence electrons. The Kier molecular flexibility index (Phi) is 4.71. The lowest BCUT2D eigenvalue weighted by atomic mass is 10.1. The van der Waals surface area contributed by atoms with E-state index in [1.807, 2.05) is 0 Å². The van der Waals surface area contributed by atoms with Crippen molar-refractivity contribution in [2.24, 2.45) is 9.98 Å². The highest BCUT2D eigenvalue weighted by atomic mass is 35.5. The third kappa shape index (κ3) is 2.92. The molecule has 3 heterocycles. The molecule has 1 aromatic carbocycles. The second-order valence-corrected chi connectivity index (χ2v) is 7.56. The Labute approximate surface area is 167 Å². The zero-order valence-corrected chi connectivity index (χ0v) is 16.1. The number of guanidine groups is 1. The molecule has 0 saturated carbocycles. The van der Waals surface area contributed by atoms with Gasteiger partial charge in [0, 0.05) is 23.0 Å². The van der Waals surface area contributed by atoms with Crippen molar-refractivity contribution in [2.75, 3.05) is 38.3 Å². The van der Waals surface area contributed by atoms with E-state index < -0.39 is 17.8 Å². The van der Waals surface area contributed by atoms with Crippen LogP contribution in [0.15, 0.2) is 33.1 Å². The maximum absolute atomic E-state index is 14.0. The Balaban J connectivity index is 1.91. The fourth-order valence-corrected chi connectivity index (χ4v) is 4.41. The third-order valence-corrected chi connectivity index (χ3v) is 5.67. The molecule has 12 heteroatoms. The van der Waals surface area contributed by atoms with Crippen LogP contribution in [0.5, 0.6) is 0 Å². The first kappa shape index (κ1) is 19.3. The van der Waals surface area contributed by atoms with Crippen molar-refractivity contribution in [2.45, 2.75) is 16.7 Å². The molecule has 0 spiro atoms. The summed E-state index contributed by atoms with van der Waals surface area (Å²) in [6.45, 7) is 1.31. The van der Waals surface area contributed by atoms with Gasteiger partial charge in [-0.15, -0.1) is 0 Å². The number of aliphatic imine (C=N–C) groups is 2. The highest BCUT2D eigenvalue weighted by Gasteiger charge is 2.66. The van der Waals surface area contributed by atoms with Gasteiger partial charge in [-0.25, -0.2) is 14.8 Å². The zero-order valence-electron chi connectivity index (χ0n) is 14.5. The number of thioether (sulfide) groups is 1. The van der Waals surface area contributed by atoms with Crippen LogP contribution in [-0.2, 0) is 14.3 Å². The SMILES string of the molecule is COC(=O)C1(C(F)(F)F)N=C2Sc3cc(Cl)ccc3N2C(N2CCOCC2)=N1. The molecule has 3 aliphatic rings. The van der Waals surface area contributed by atoms with Gasteiger partial charge >= 0.3 is 17.8 Å². The van der Waals surface area contributed by atoms with E-state index in [0.29, 0.717) is 41.9 Å². The minimum atomic E-state index is -5.08. The lowest BCUT2D eigenvalue weighted by Gasteiger charge is -2.39. The van der Waals surface area contributed by atoms with Crippen LogP contribution >= 0.6 is 23.4 Å². The molecular formula is C16H14ClF3N4O3S. The van der Waals surface area contributed by atoms with Gasteiger partial charge < -0.3 is 14.4 Å². The first-order valence-electron chi connectivity index (χ1n) is 8.22. The molecule has 3 aliphatic heterocycles. The van der Waals surface area contributed by atoms with Crippen molar-refractivity contribution in [1.82, 2.24) is 4.90 Å². The zero-order chi connectivity index (χ0) is 20.1. The molecule has 0 bridgehead atoms. The summed E-state index contributed by atoms with van der Waals surface area (Å²) < 4.78 is 51.8. The van der Waals surface area contributed by atoms with E-state index in [4.69, 9.17) is 16.3 Å². The summed E-state index contributed by atoms with van der Waals surface area (Å²) in [7, 11) is 0.878. The number of benzene rings is 1. The number of morpholine rings is 1. The number of hydrogen-bond acceptors (Lipinski definition) is 8. The Morgan fingerprint density at radius 2 is 2.04 bits per heavy atom. The van der Waals surface area contributed by atoms with Gasteiger partial charge in [-0.05, 0) is 30.0 Å². The number of carbonyl (C=O) groups is 1. The molecule has 0 radical (unpaired) electrons. The van der Waals surface area contributed by atoms with Crippen molar-refractivity contribution in [1.29, 1.82) is 0 Å². The maximum Gasteiger partial charge on any atom is 0.446 e. The average Bonchev–Trinajstić information content (AvgIpc) is 3.03. The minimum absolute atomic E-state index is 0.0171. The quantitative estimate of drug-likeness (QED) is 0.633. The van der Waals surface area contributed by atoms with E-state index in [9.17, 15) is 18.0 Å². The molecule has 1 saturated heterocycles. The number of alkyl halides is 3. The van der Waals surface area contributed by atoms with Gasteiger partial charge in [0.05, 0.1) is 26.0 Å². The number of anilines is 1. The molecule has 4 rings (SSSR count). The lowest BCUT2D eigenvalue weighted by molar-refractivity contribution is -0.201. The van der Waals surface area contributed by atoms with Gasteiger partial charge in [0.2, 0.25) is 5.96 Å². The molecule has 7 nitrogen and oxygen atoms in total. The van der Waals surface area contributed by atoms with Crippen LogP contribution < -0.4 is 4.90 Å². The van der Waals surface area contributed by atoms with E-state index in [1.54, 1.807) is 23.1 Å². The van der Waals surface area contributed by atoms with E-state index in [1.165, 1.54) is 4.90 Å². The van der Waals surface area contributed by atoms with Gasteiger partial charge in [0.15, 0.2) is 5.17 Å². The van der Waals surface area contributed by atoms with Crippen molar-refractivity contribution in [3.63, 3.8) is 0 Å². The summed E-state index contributed by atoms with van der Waals surface area (Å²) in [4.78, 5) is 23.6. The fraction of sp³-hybridized carbons (Fsp3) is 0.438. The lowest BCUT2D eigenvalue weighted by Crippen LogP contribution is -2.59. The Bertz CT molecular complexity index is 888. The molecule has 1 atom stereocenters. The highest BCUT2D eigenvalue weighted by molar-refractivity contribution is 8.15. The number of rotatable bonds is 1. The van der Waals surface area contributed by atoms with E-state index >= 15 is 0 Å². The summed E-state index contributed by atoms with van der Waals surface area (Å²) in [6.07, 6.45) is -5.08. The van der Waals surface area contributed by atoms with Crippen molar-refractivity contribution in [3.8, 4) is 0 Å². The van der Waals surface area contributed by atoms with Crippen molar-refractivity contribution in [3.05, 3.63) is 23.2 Å². The topological polar surface area (TPSA) is 66.7 Å². The summed E-state index contributed by atoms with van der Waals surface area (Å²) in [5.74, 6) is -1.61. The number of ether oxygens (including phenoxy) is 2. The first-order valence-corrected chi connectivity index (χ1v) is 9.41. The Morgan fingerprint density at radius 1 is 1.32 bits per heavy atom. The normalized spacial score (nSPS) is 24.3. The number of nitrogens with zero attached hydrogens (tertiary/aromatic N) is 4. The van der Waals surface area contributed by atoms with Crippen molar-refractivity contribution >= 4 is 46.1 Å². The number of fused-ring (bicyclic) bond motifs is 3. The molecule has 1 fully saturated rings. The van der Waals surface area contributed by atoms with Crippen molar-refractivity contribution < 1.29 is 27.4 Å². The summed E-state index contributed by atoms with van der Waals surface area (Å²) in [6, 6.07) is 4.95. The van der Waals surface area contributed by atoms with Crippen LogP contribution in [0.3, 0.4) is 0 Å². The average molecular weight is 435 g/mol. The van der Waals surface area contributed by atoms with Crippen LogP contribution in [0.25, 0.3) is 0 Å². The smallest absolute Gasteiger partial charge is 0.446 e. The van der Waals surface area contributed by atoms with Gasteiger partial charge in [0.25, 0.3) is 0 Å². The fourth-order valence-electron chi connectivity index (χ4n) is 3.08. The van der Waals surface area contributed by atoms with Gasteiger partial charge in [0.1, 0.15) is 0 Å². The second-order valence-electron chi connectivity index (χ2n) is 6.12. The largest absolute Gasteiger partial charge is 0.465 e. The number of esters is 1. The van der Waals surface area contributed by atoms with E-state index in [2.05, 4.69) is 14.7 Å².